The molecule has 4 nitrogen and oxygen atoms in total. The van der Waals surface area contributed by atoms with Crippen LogP contribution >= 0.6 is 15.9 Å². The standard InChI is InChI=1S/C15H15BrN2O2/c1-10-4-2-3-5-14(10)20-9-15(19)18-13-7-6-11(17)8-12(13)16/h2-8H,9,17H2,1H3,(H,18,19). The highest BCUT2D eigenvalue weighted by molar-refractivity contribution is 9.10. The summed E-state index contributed by atoms with van der Waals surface area (Å²) in [6.45, 7) is 1.89. The number of hydrogen-bond donors (Lipinski definition) is 2. The fourth-order valence-corrected chi connectivity index (χ4v) is 2.18. The number of amides is 1. The Kier molecular flexibility index (Phi) is 4.63. The first-order valence-corrected chi connectivity index (χ1v) is 6.89. The number of benzene rings is 2. The highest BCUT2D eigenvalue weighted by atomic mass is 79.9. The monoisotopic (exact) mass is 334 g/mol. The second-order valence-electron chi connectivity index (χ2n) is 4.34. The van der Waals surface area contributed by atoms with Crippen LogP contribution in [-0.4, -0.2) is 12.5 Å². The summed E-state index contributed by atoms with van der Waals surface area (Å²) in [6.07, 6.45) is 0. The Morgan fingerprint density at radius 2 is 2.05 bits per heavy atom. The van der Waals surface area contributed by atoms with Gasteiger partial charge in [-0.3, -0.25) is 4.79 Å². The smallest absolute Gasteiger partial charge is 0.262 e. The van der Waals surface area contributed by atoms with E-state index in [-0.39, 0.29) is 12.5 Å². The van der Waals surface area contributed by atoms with Gasteiger partial charge in [-0.1, -0.05) is 18.2 Å². The lowest BCUT2D eigenvalue weighted by Gasteiger charge is -2.10. The molecule has 0 unspecified atom stereocenters. The highest BCUT2D eigenvalue weighted by Gasteiger charge is 2.07. The topological polar surface area (TPSA) is 64.3 Å². The minimum absolute atomic E-state index is 0.0400. The summed E-state index contributed by atoms with van der Waals surface area (Å²) in [7, 11) is 0. The highest BCUT2D eigenvalue weighted by Crippen LogP contribution is 2.24. The first kappa shape index (κ1) is 14.4. The number of aryl methyl sites for hydroxylation is 1. The molecule has 20 heavy (non-hydrogen) atoms. The van der Waals surface area contributed by atoms with Gasteiger partial charge in [0, 0.05) is 10.2 Å². The number of anilines is 2. The predicted molar refractivity (Wildman–Crippen MR) is 83.9 cm³/mol. The van der Waals surface area contributed by atoms with Crippen molar-refractivity contribution in [2.45, 2.75) is 6.92 Å². The Labute approximate surface area is 126 Å². The molecule has 0 saturated carbocycles. The van der Waals surface area contributed by atoms with E-state index in [4.69, 9.17) is 10.5 Å². The van der Waals surface area contributed by atoms with Gasteiger partial charge in [0.25, 0.3) is 5.91 Å². The Bertz CT molecular complexity index is 629. The van der Waals surface area contributed by atoms with Crippen molar-refractivity contribution in [1.82, 2.24) is 0 Å². The van der Waals surface area contributed by atoms with Crippen molar-refractivity contribution in [3.63, 3.8) is 0 Å². The summed E-state index contributed by atoms with van der Waals surface area (Å²) >= 11 is 3.35. The molecule has 0 saturated heterocycles. The first-order valence-electron chi connectivity index (χ1n) is 6.09. The zero-order chi connectivity index (χ0) is 14.5. The maximum atomic E-state index is 11.8. The summed E-state index contributed by atoms with van der Waals surface area (Å²) in [5.74, 6) is 0.484. The third-order valence-corrected chi connectivity index (χ3v) is 3.38. The van der Waals surface area contributed by atoms with E-state index in [1.54, 1.807) is 18.2 Å². The number of carbonyl (C=O) groups excluding carboxylic acids is 1. The number of ether oxygens (including phenoxy) is 1. The minimum Gasteiger partial charge on any atom is -0.483 e. The molecule has 0 aliphatic carbocycles. The van der Waals surface area contributed by atoms with Gasteiger partial charge in [-0.2, -0.15) is 0 Å². The Hall–Kier alpha value is -2.01. The number of nitrogens with two attached hydrogens (primary N) is 1. The number of nitrogen functional groups attached to an aromatic ring is 1. The molecule has 0 aromatic heterocycles. The Morgan fingerprint density at radius 3 is 2.75 bits per heavy atom. The molecule has 0 atom stereocenters. The van der Waals surface area contributed by atoms with Crippen LogP contribution in [-0.2, 0) is 4.79 Å². The van der Waals surface area contributed by atoms with E-state index in [0.29, 0.717) is 17.1 Å². The van der Waals surface area contributed by atoms with Crippen LogP contribution in [0.25, 0.3) is 0 Å². The van der Waals surface area contributed by atoms with Gasteiger partial charge < -0.3 is 15.8 Å². The van der Waals surface area contributed by atoms with Gasteiger partial charge in [-0.15, -0.1) is 0 Å². The molecule has 2 aromatic carbocycles. The molecule has 5 heteroatoms. The predicted octanol–water partition coefficient (Wildman–Crippen LogP) is 3.36. The largest absolute Gasteiger partial charge is 0.483 e. The van der Waals surface area contributed by atoms with Gasteiger partial charge in [-0.05, 0) is 52.7 Å². The van der Waals surface area contributed by atoms with Crippen LogP contribution in [0.5, 0.6) is 5.75 Å². The molecule has 0 heterocycles. The van der Waals surface area contributed by atoms with E-state index in [0.717, 1.165) is 10.0 Å². The molecule has 0 bridgehead atoms. The summed E-state index contributed by atoms with van der Waals surface area (Å²) in [5.41, 5.74) is 7.93. The van der Waals surface area contributed by atoms with E-state index in [1.165, 1.54) is 0 Å². The molecule has 0 radical (unpaired) electrons. The third kappa shape index (κ3) is 3.74. The third-order valence-electron chi connectivity index (χ3n) is 2.72. The van der Waals surface area contributed by atoms with E-state index >= 15 is 0 Å². The first-order chi connectivity index (χ1) is 9.56. The van der Waals surface area contributed by atoms with Gasteiger partial charge in [0.2, 0.25) is 0 Å². The molecule has 3 N–H and O–H groups in total. The van der Waals surface area contributed by atoms with E-state index in [9.17, 15) is 4.79 Å². The van der Waals surface area contributed by atoms with Crippen molar-refractivity contribution in [1.29, 1.82) is 0 Å². The van der Waals surface area contributed by atoms with Crippen LogP contribution in [0.1, 0.15) is 5.56 Å². The number of rotatable bonds is 4. The van der Waals surface area contributed by atoms with Crippen molar-refractivity contribution in [3.05, 3.63) is 52.5 Å². The average molecular weight is 335 g/mol. The van der Waals surface area contributed by atoms with Crippen molar-refractivity contribution in [2.75, 3.05) is 17.7 Å². The SMILES string of the molecule is Cc1ccccc1OCC(=O)Nc1ccc(N)cc1Br. The number of hydrogen-bond acceptors (Lipinski definition) is 3. The molecule has 1 amide bonds. The quantitative estimate of drug-likeness (QED) is 0.842. The number of nitrogens with one attached hydrogen (secondary N) is 1. The fraction of sp³-hybridized carbons (Fsp3) is 0.133. The van der Waals surface area contributed by atoms with Crippen LogP contribution in [0.3, 0.4) is 0 Å². The zero-order valence-electron chi connectivity index (χ0n) is 11.0. The molecule has 2 rings (SSSR count). The van der Waals surface area contributed by atoms with Crippen LogP contribution in [0.4, 0.5) is 11.4 Å². The van der Waals surface area contributed by atoms with Crippen LogP contribution in [0, 0.1) is 6.92 Å². The van der Waals surface area contributed by atoms with E-state index in [1.807, 2.05) is 31.2 Å². The molecule has 0 spiro atoms. The lowest BCUT2D eigenvalue weighted by molar-refractivity contribution is -0.118. The lowest BCUT2D eigenvalue weighted by Crippen LogP contribution is -2.20. The Balaban J connectivity index is 1.94. The molecule has 2 aromatic rings. The summed E-state index contributed by atoms with van der Waals surface area (Å²) in [5, 5.41) is 2.76. The van der Waals surface area contributed by atoms with Gasteiger partial charge in [-0.25, -0.2) is 0 Å². The molecular formula is C15H15BrN2O2. The van der Waals surface area contributed by atoms with E-state index in [2.05, 4.69) is 21.2 Å². The van der Waals surface area contributed by atoms with Gasteiger partial charge >= 0.3 is 0 Å². The normalized spacial score (nSPS) is 10.1. The van der Waals surface area contributed by atoms with Crippen molar-refractivity contribution < 1.29 is 9.53 Å². The van der Waals surface area contributed by atoms with Gasteiger partial charge in [0.05, 0.1) is 5.69 Å². The maximum Gasteiger partial charge on any atom is 0.262 e. The minimum atomic E-state index is -0.223. The van der Waals surface area contributed by atoms with Crippen molar-refractivity contribution in [3.8, 4) is 5.75 Å². The second kappa shape index (κ2) is 6.43. The molecular weight excluding hydrogens is 320 g/mol. The molecule has 0 aliphatic heterocycles. The molecule has 0 aliphatic rings. The molecule has 0 fully saturated rings. The number of carbonyl (C=O) groups is 1. The van der Waals surface area contributed by atoms with Gasteiger partial charge in [0.1, 0.15) is 5.75 Å². The summed E-state index contributed by atoms with van der Waals surface area (Å²) in [6, 6.07) is 12.8. The maximum absolute atomic E-state index is 11.8. The van der Waals surface area contributed by atoms with Crippen LogP contribution in [0.15, 0.2) is 46.9 Å². The second-order valence-corrected chi connectivity index (χ2v) is 5.20. The Morgan fingerprint density at radius 1 is 1.30 bits per heavy atom. The van der Waals surface area contributed by atoms with E-state index < -0.39 is 0 Å². The zero-order valence-corrected chi connectivity index (χ0v) is 12.6. The van der Waals surface area contributed by atoms with Crippen molar-refractivity contribution in [2.24, 2.45) is 0 Å². The summed E-state index contributed by atoms with van der Waals surface area (Å²) in [4.78, 5) is 11.8. The summed E-state index contributed by atoms with van der Waals surface area (Å²) < 4.78 is 6.22. The van der Waals surface area contributed by atoms with Gasteiger partial charge in [0.15, 0.2) is 6.61 Å². The van der Waals surface area contributed by atoms with Crippen LogP contribution in [0.2, 0.25) is 0 Å². The number of halogens is 1. The molecule has 104 valence electrons. The van der Waals surface area contributed by atoms with Crippen LogP contribution < -0.4 is 15.8 Å². The average Bonchev–Trinajstić information content (AvgIpc) is 2.41. The number of para-hydroxylation sites is 1. The fourth-order valence-electron chi connectivity index (χ4n) is 1.68. The van der Waals surface area contributed by atoms with Crippen molar-refractivity contribution >= 4 is 33.2 Å². The lowest BCUT2D eigenvalue weighted by atomic mass is 10.2.